The van der Waals surface area contributed by atoms with Gasteiger partial charge in [-0.05, 0) is 63.4 Å². The molecule has 0 amide bonds. The molecule has 1 aliphatic rings. The topological polar surface area (TPSA) is 125 Å². The van der Waals surface area contributed by atoms with Gasteiger partial charge in [-0.25, -0.2) is 4.98 Å². The van der Waals surface area contributed by atoms with Crippen molar-refractivity contribution in [2.45, 2.75) is 76.9 Å². The lowest BCUT2D eigenvalue weighted by Gasteiger charge is -2.38. The second kappa shape index (κ2) is 11.1. The number of carboxylic acids is 1. The summed E-state index contributed by atoms with van der Waals surface area (Å²) in [5, 5.41) is 15.3. The van der Waals surface area contributed by atoms with Crippen molar-refractivity contribution >= 4 is 38.5 Å². The number of fused-ring (bicyclic) bond motifs is 1. The van der Waals surface area contributed by atoms with Crippen molar-refractivity contribution in [2.75, 3.05) is 5.32 Å². The Morgan fingerprint density at radius 2 is 1.81 bits per heavy atom. The molecule has 1 fully saturated rings. The maximum atomic E-state index is 13.5. The fourth-order valence-corrected chi connectivity index (χ4v) is 7.08. The first-order chi connectivity index (χ1) is 17.6. The largest absolute Gasteiger partial charge is 0.480 e. The molecular formula is C27H35N5O4S. The van der Waals surface area contributed by atoms with Crippen molar-refractivity contribution in [2.24, 2.45) is 0 Å². The number of anilines is 2. The van der Waals surface area contributed by atoms with Crippen LogP contribution < -0.4 is 10.0 Å². The van der Waals surface area contributed by atoms with Gasteiger partial charge in [0.05, 0.1) is 0 Å². The first-order valence-electron chi connectivity index (χ1n) is 12.7. The summed E-state index contributed by atoms with van der Waals surface area (Å²) < 4.78 is 31.0. The Balaban J connectivity index is 1.51. The molecule has 2 aromatic heterocycles. The van der Waals surface area contributed by atoms with E-state index in [1.54, 1.807) is 30.7 Å². The minimum absolute atomic E-state index is 0.00334. The van der Waals surface area contributed by atoms with E-state index in [-0.39, 0.29) is 18.5 Å². The fourth-order valence-electron chi connectivity index (χ4n) is 5.09. The normalized spacial score (nSPS) is 16.7. The molecule has 3 aromatic rings. The molecule has 198 valence electrons. The number of hydrogen-bond donors (Lipinski definition) is 3. The predicted octanol–water partition coefficient (Wildman–Crippen LogP) is 4.64. The molecule has 1 saturated carbocycles. The molecule has 2 heterocycles. The van der Waals surface area contributed by atoms with Crippen molar-refractivity contribution in [3.05, 3.63) is 60.6 Å². The second-order valence-corrected chi connectivity index (χ2v) is 11.8. The molecule has 3 N–H and O–H groups in total. The summed E-state index contributed by atoms with van der Waals surface area (Å²) in [5.41, 5.74) is -0.233. The Kier molecular flexibility index (Phi) is 8.11. The third-order valence-electron chi connectivity index (χ3n) is 6.89. The SMILES string of the molecule is CC(C)N(C1CCCCC1)S(=O)(=O)N[C@@](C)(Cc1ccc(Nc2nccc3cnccc23)cc1)C(=O)O. The summed E-state index contributed by atoms with van der Waals surface area (Å²) >= 11 is 0. The first-order valence-corrected chi connectivity index (χ1v) is 14.1. The highest BCUT2D eigenvalue weighted by molar-refractivity contribution is 7.87. The zero-order chi connectivity index (χ0) is 26.6. The van der Waals surface area contributed by atoms with Crippen molar-refractivity contribution in [1.29, 1.82) is 0 Å². The lowest BCUT2D eigenvalue weighted by Crippen LogP contribution is -2.60. The van der Waals surface area contributed by atoms with Gasteiger partial charge < -0.3 is 10.4 Å². The van der Waals surface area contributed by atoms with E-state index in [9.17, 15) is 18.3 Å². The lowest BCUT2D eigenvalue weighted by atomic mass is 9.94. The summed E-state index contributed by atoms with van der Waals surface area (Å²) in [6, 6.07) is 10.6. The van der Waals surface area contributed by atoms with Crippen LogP contribution >= 0.6 is 0 Å². The van der Waals surface area contributed by atoms with Crippen LogP contribution in [0, 0.1) is 0 Å². The number of carbonyl (C=O) groups is 1. The summed E-state index contributed by atoms with van der Waals surface area (Å²) in [7, 11) is -4.04. The molecule has 0 saturated heterocycles. The van der Waals surface area contributed by atoms with Crippen LogP contribution in [-0.4, -0.2) is 51.4 Å². The quantitative estimate of drug-likeness (QED) is 0.352. The van der Waals surface area contributed by atoms with Crippen LogP contribution in [0.3, 0.4) is 0 Å². The van der Waals surface area contributed by atoms with Crippen LogP contribution in [0.1, 0.15) is 58.4 Å². The van der Waals surface area contributed by atoms with E-state index in [0.717, 1.165) is 48.6 Å². The maximum Gasteiger partial charge on any atom is 0.324 e. The predicted molar refractivity (Wildman–Crippen MR) is 145 cm³/mol. The molecule has 1 aliphatic carbocycles. The zero-order valence-corrected chi connectivity index (χ0v) is 22.3. The Labute approximate surface area is 218 Å². The van der Waals surface area contributed by atoms with Crippen molar-refractivity contribution < 1.29 is 18.3 Å². The number of aromatic nitrogens is 2. The van der Waals surface area contributed by atoms with E-state index >= 15 is 0 Å². The van der Waals surface area contributed by atoms with Gasteiger partial charge in [-0.15, -0.1) is 0 Å². The zero-order valence-electron chi connectivity index (χ0n) is 21.5. The van der Waals surface area contributed by atoms with Crippen LogP contribution in [0.4, 0.5) is 11.5 Å². The Morgan fingerprint density at radius 1 is 1.11 bits per heavy atom. The van der Waals surface area contributed by atoms with Crippen molar-refractivity contribution in [1.82, 2.24) is 19.0 Å². The van der Waals surface area contributed by atoms with Crippen LogP contribution in [0.5, 0.6) is 0 Å². The van der Waals surface area contributed by atoms with Gasteiger partial charge in [0.15, 0.2) is 0 Å². The number of aliphatic carboxylic acids is 1. The van der Waals surface area contributed by atoms with Gasteiger partial charge in [0.1, 0.15) is 11.4 Å². The summed E-state index contributed by atoms with van der Waals surface area (Å²) in [6.45, 7) is 5.09. The van der Waals surface area contributed by atoms with E-state index in [2.05, 4.69) is 20.0 Å². The summed E-state index contributed by atoms with van der Waals surface area (Å²) in [5.74, 6) is -0.536. The number of carboxylic acid groups (broad SMARTS) is 1. The van der Waals surface area contributed by atoms with Crippen molar-refractivity contribution in [3.8, 4) is 0 Å². The third-order valence-corrected chi connectivity index (χ3v) is 8.87. The smallest absolute Gasteiger partial charge is 0.324 e. The highest BCUT2D eigenvalue weighted by Gasteiger charge is 2.42. The fraction of sp³-hybridized carbons (Fsp3) is 0.444. The van der Waals surface area contributed by atoms with Crippen molar-refractivity contribution in [3.63, 3.8) is 0 Å². The minimum Gasteiger partial charge on any atom is -0.480 e. The minimum atomic E-state index is -4.04. The number of hydrogen-bond acceptors (Lipinski definition) is 6. The summed E-state index contributed by atoms with van der Waals surface area (Å²) in [6.07, 6.45) is 9.82. The van der Waals surface area contributed by atoms with Crippen LogP contribution in [-0.2, 0) is 21.4 Å². The second-order valence-electron chi connectivity index (χ2n) is 10.2. The maximum absolute atomic E-state index is 13.5. The molecule has 0 radical (unpaired) electrons. The number of rotatable bonds is 10. The van der Waals surface area contributed by atoms with Crippen LogP contribution in [0.2, 0.25) is 0 Å². The number of nitrogens with one attached hydrogen (secondary N) is 2. The van der Waals surface area contributed by atoms with E-state index < -0.39 is 21.7 Å². The lowest BCUT2D eigenvalue weighted by molar-refractivity contribution is -0.143. The van der Waals surface area contributed by atoms with Crippen LogP contribution in [0.25, 0.3) is 10.8 Å². The molecule has 0 bridgehead atoms. The van der Waals surface area contributed by atoms with Gasteiger partial charge in [0.25, 0.3) is 10.2 Å². The van der Waals surface area contributed by atoms with Gasteiger partial charge >= 0.3 is 5.97 Å². The first kappa shape index (κ1) is 27.0. The summed E-state index contributed by atoms with van der Waals surface area (Å²) in [4.78, 5) is 20.9. The van der Waals surface area contributed by atoms with Gasteiger partial charge in [0, 0.05) is 53.6 Å². The monoisotopic (exact) mass is 525 g/mol. The highest BCUT2D eigenvalue weighted by atomic mass is 32.2. The molecule has 1 atom stereocenters. The van der Waals surface area contributed by atoms with Gasteiger partial charge in [-0.2, -0.15) is 17.4 Å². The Hall–Kier alpha value is -3.08. The Morgan fingerprint density at radius 3 is 2.46 bits per heavy atom. The Bertz CT molecular complexity index is 1340. The van der Waals surface area contributed by atoms with E-state index in [1.807, 2.05) is 38.1 Å². The molecule has 9 nitrogen and oxygen atoms in total. The van der Waals surface area contributed by atoms with Gasteiger partial charge in [-0.1, -0.05) is 31.4 Å². The molecule has 10 heteroatoms. The van der Waals surface area contributed by atoms with Crippen LogP contribution in [0.15, 0.2) is 55.0 Å². The van der Waals surface area contributed by atoms with E-state index in [0.29, 0.717) is 11.4 Å². The number of pyridine rings is 2. The highest BCUT2D eigenvalue weighted by Crippen LogP contribution is 2.28. The van der Waals surface area contributed by atoms with E-state index in [1.165, 1.54) is 11.2 Å². The standard InChI is InChI=1S/C27H35N5O4S/c1-19(2)32(23-7-5-4-6-8-23)37(35,36)31-27(3,26(33)34)17-20-9-11-22(12-10-20)30-25-24-14-15-28-18-21(24)13-16-29-25/h9-16,18-19,23,31H,4-8,17H2,1-3H3,(H,29,30)(H,33,34)/t27-/m0/s1. The molecule has 0 aliphatic heterocycles. The molecule has 37 heavy (non-hydrogen) atoms. The van der Waals surface area contributed by atoms with E-state index in [4.69, 9.17) is 0 Å². The van der Waals surface area contributed by atoms with Gasteiger partial charge in [-0.3, -0.25) is 9.78 Å². The molecule has 0 unspecified atom stereocenters. The van der Waals surface area contributed by atoms with Gasteiger partial charge in [0.2, 0.25) is 0 Å². The average molecular weight is 526 g/mol. The molecule has 4 rings (SSSR count). The molecular weight excluding hydrogens is 490 g/mol. The molecule has 1 aromatic carbocycles. The molecule has 0 spiro atoms. The number of nitrogens with zero attached hydrogens (tertiary/aromatic N) is 3. The average Bonchev–Trinajstić information content (AvgIpc) is 2.85. The number of benzene rings is 1. The third kappa shape index (κ3) is 6.26.